The smallest absolute Gasteiger partial charge is 0.258 e. The summed E-state index contributed by atoms with van der Waals surface area (Å²) < 4.78 is 57.7. The molecule has 0 atom stereocenters. The molecular formula is C15H11F4NO2. The highest BCUT2D eigenvalue weighted by Gasteiger charge is 2.23. The van der Waals surface area contributed by atoms with Crippen LogP contribution in [0.5, 0.6) is 5.75 Å². The molecule has 2 aromatic carbocycles. The minimum absolute atomic E-state index is 0.262. The summed E-state index contributed by atoms with van der Waals surface area (Å²) >= 11 is 0. The molecule has 22 heavy (non-hydrogen) atoms. The third-order valence-electron chi connectivity index (χ3n) is 2.77. The largest absolute Gasteiger partial charge is 0.494 e. The van der Waals surface area contributed by atoms with Gasteiger partial charge in [-0.1, -0.05) is 0 Å². The molecule has 0 bridgehead atoms. The van der Waals surface area contributed by atoms with Crippen LogP contribution in [0, 0.1) is 23.3 Å². The second-order valence-corrected chi connectivity index (χ2v) is 4.26. The molecule has 0 fully saturated rings. The molecule has 0 aliphatic heterocycles. The van der Waals surface area contributed by atoms with Gasteiger partial charge in [-0.15, -0.1) is 0 Å². The molecule has 2 aromatic rings. The van der Waals surface area contributed by atoms with Crippen molar-refractivity contribution >= 4 is 11.6 Å². The van der Waals surface area contributed by atoms with Crippen LogP contribution >= 0.6 is 0 Å². The minimum Gasteiger partial charge on any atom is -0.494 e. The molecule has 2 rings (SSSR count). The van der Waals surface area contributed by atoms with E-state index in [1.807, 2.05) is 0 Å². The van der Waals surface area contributed by atoms with Crippen molar-refractivity contribution < 1.29 is 27.1 Å². The zero-order valence-corrected chi connectivity index (χ0v) is 11.4. The van der Waals surface area contributed by atoms with Gasteiger partial charge in [0.05, 0.1) is 12.2 Å². The third-order valence-corrected chi connectivity index (χ3v) is 2.77. The maximum absolute atomic E-state index is 13.5. The molecule has 3 nitrogen and oxygen atoms in total. The maximum Gasteiger partial charge on any atom is 0.258 e. The normalized spacial score (nSPS) is 10.4. The monoisotopic (exact) mass is 313 g/mol. The fourth-order valence-electron chi connectivity index (χ4n) is 1.74. The predicted molar refractivity (Wildman–Crippen MR) is 71.8 cm³/mol. The first kappa shape index (κ1) is 15.8. The summed E-state index contributed by atoms with van der Waals surface area (Å²) in [6.45, 7) is 2.27. The molecule has 0 spiro atoms. The molecule has 1 N–H and O–H groups in total. The minimum atomic E-state index is -2.03. The van der Waals surface area contributed by atoms with E-state index in [1.165, 1.54) is 12.1 Å². The van der Waals surface area contributed by atoms with Crippen LogP contribution in [0.4, 0.5) is 23.2 Å². The van der Waals surface area contributed by atoms with Crippen molar-refractivity contribution in [2.75, 3.05) is 11.9 Å². The van der Waals surface area contributed by atoms with Gasteiger partial charge in [0.15, 0.2) is 23.3 Å². The molecule has 0 aliphatic carbocycles. The van der Waals surface area contributed by atoms with Crippen molar-refractivity contribution in [2.24, 2.45) is 0 Å². The Morgan fingerprint density at radius 2 is 1.68 bits per heavy atom. The van der Waals surface area contributed by atoms with Crippen molar-refractivity contribution in [1.29, 1.82) is 0 Å². The Kier molecular flexibility index (Phi) is 4.65. The first-order chi connectivity index (χ1) is 10.4. The zero-order valence-electron chi connectivity index (χ0n) is 11.4. The van der Waals surface area contributed by atoms with E-state index in [9.17, 15) is 22.4 Å². The fraction of sp³-hybridized carbons (Fsp3) is 0.133. The number of carbonyl (C=O) groups is 1. The first-order valence-electron chi connectivity index (χ1n) is 6.31. The molecule has 0 unspecified atom stereocenters. The number of hydrogen-bond donors (Lipinski definition) is 1. The third kappa shape index (κ3) is 3.19. The van der Waals surface area contributed by atoms with Gasteiger partial charge < -0.3 is 10.1 Å². The lowest BCUT2D eigenvalue weighted by atomic mass is 10.1. The lowest BCUT2D eigenvalue weighted by Crippen LogP contribution is -2.16. The fourth-order valence-corrected chi connectivity index (χ4v) is 1.74. The molecule has 0 radical (unpaired) electrons. The average Bonchev–Trinajstić information content (AvgIpc) is 2.51. The predicted octanol–water partition coefficient (Wildman–Crippen LogP) is 3.89. The number of nitrogens with one attached hydrogen (secondary N) is 1. The van der Waals surface area contributed by atoms with Gasteiger partial charge in [0.1, 0.15) is 5.75 Å². The summed E-state index contributed by atoms with van der Waals surface area (Å²) in [6.07, 6.45) is 0. The number of carbonyl (C=O) groups excluding carboxylic acids is 1. The highest BCUT2D eigenvalue weighted by Crippen LogP contribution is 2.21. The standard InChI is InChI=1S/C15H11F4NO2/c1-2-22-9-5-3-8(4-6-9)20-15(21)10-7-11(16)13(18)14(19)12(10)17/h3-7H,2H2,1H3,(H,20,21). The zero-order chi connectivity index (χ0) is 16.3. The van der Waals surface area contributed by atoms with E-state index in [1.54, 1.807) is 19.1 Å². The molecule has 116 valence electrons. The van der Waals surface area contributed by atoms with Crippen LogP contribution in [0.3, 0.4) is 0 Å². The molecule has 0 saturated carbocycles. The van der Waals surface area contributed by atoms with Crippen molar-refractivity contribution in [2.45, 2.75) is 6.92 Å². The number of anilines is 1. The van der Waals surface area contributed by atoms with Crippen LogP contribution in [0.25, 0.3) is 0 Å². The molecule has 0 aliphatic rings. The summed E-state index contributed by atoms with van der Waals surface area (Å²) in [6, 6.07) is 6.36. The molecule has 0 saturated heterocycles. The van der Waals surface area contributed by atoms with Crippen LogP contribution in [0.2, 0.25) is 0 Å². The van der Waals surface area contributed by atoms with Crippen molar-refractivity contribution in [3.63, 3.8) is 0 Å². The second kappa shape index (κ2) is 6.46. The van der Waals surface area contributed by atoms with Gasteiger partial charge in [0, 0.05) is 5.69 Å². The first-order valence-corrected chi connectivity index (χ1v) is 6.31. The van der Waals surface area contributed by atoms with Crippen molar-refractivity contribution in [1.82, 2.24) is 0 Å². The Bertz CT molecular complexity index is 702. The Morgan fingerprint density at radius 3 is 2.27 bits per heavy atom. The van der Waals surface area contributed by atoms with E-state index in [0.29, 0.717) is 18.4 Å². The highest BCUT2D eigenvalue weighted by molar-refractivity contribution is 6.04. The lowest BCUT2D eigenvalue weighted by Gasteiger charge is -2.08. The molecule has 1 amide bonds. The number of rotatable bonds is 4. The van der Waals surface area contributed by atoms with E-state index in [4.69, 9.17) is 4.74 Å². The van der Waals surface area contributed by atoms with Crippen LogP contribution in [-0.2, 0) is 0 Å². The number of ether oxygens (including phenoxy) is 1. The van der Waals surface area contributed by atoms with Gasteiger partial charge >= 0.3 is 0 Å². The molecule has 0 aromatic heterocycles. The van der Waals surface area contributed by atoms with E-state index >= 15 is 0 Å². The Balaban J connectivity index is 2.22. The van der Waals surface area contributed by atoms with Crippen molar-refractivity contribution in [3.8, 4) is 5.75 Å². The lowest BCUT2D eigenvalue weighted by molar-refractivity contribution is 0.102. The quantitative estimate of drug-likeness (QED) is 0.528. The van der Waals surface area contributed by atoms with E-state index in [2.05, 4.69) is 5.32 Å². The average molecular weight is 313 g/mol. The Hall–Kier alpha value is -2.57. The van der Waals surface area contributed by atoms with Gasteiger partial charge in [-0.25, -0.2) is 17.6 Å². The van der Waals surface area contributed by atoms with Gasteiger partial charge in [-0.05, 0) is 37.3 Å². The Morgan fingerprint density at radius 1 is 1.05 bits per heavy atom. The van der Waals surface area contributed by atoms with Gasteiger partial charge in [0.2, 0.25) is 0 Å². The highest BCUT2D eigenvalue weighted by atomic mass is 19.2. The van der Waals surface area contributed by atoms with Crippen molar-refractivity contribution in [3.05, 3.63) is 59.2 Å². The molecule has 7 heteroatoms. The van der Waals surface area contributed by atoms with E-state index in [-0.39, 0.29) is 5.69 Å². The summed E-state index contributed by atoms with van der Waals surface area (Å²) in [5.74, 6) is -7.92. The molecular weight excluding hydrogens is 302 g/mol. The Labute approximate surface area is 123 Å². The van der Waals surface area contributed by atoms with Gasteiger partial charge in [-0.2, -0.15) is 0 Å². The van der Waals surface area contributed by atoms with Crippen LogP contribution in [0.1, 0.15) is 17.3 Å². The molecule has 0 heterocycles. The van der Waals surface area contributed by atoms with Crippen LogP contribution in [-0.4, -0.2) is 12.5 Å². The number of hydrogen-bond acceptors (Lipinski definition) is 2. The van der Waals surface area contributed by atoms with Gasteiger partial charge in [-0.3, -0.25) is 4.79 Å². The SMILES string of the molecule is CCOc1ccc(NC(=O)c2cc(F)c(F)c(F)c2F)cc1. The van der Waals surface area contributed by atoms with Crippen LogP contribution < -0.4 is 10.1 Å². The summed E-state index contributed by atoms with van der Waals surface area (Å²) in [5, 5.41) is 2.25. The van der Waals surface area contributed by atoms with Gasteiger partial charge in [0.25, 0.3) is 5.91 Å². The maximum atomic E-state index is 13.5. The summed E-state index contributed by atoms with van der Waals surface area (Å²) in [7, 11) is 0. The topological polar surface area (TPSA) is 38.3 Å². The number of halogens is 4. The van der Waals surface area contributed by atoms with Crippen LogP contribution in [0.15, 0.2) is 30.3 Å². The van der Waals surface area contributed by atoms with E-state index < -0.39 is 34.7 Å². The summed E-state index contributed by atoms with van der Waals surface area (Å²) in [5.41, 5.74) is -0.664. The van der Waals surface area contributed by atoms with E-state index in [0.717, 1.165) is 0 Å². The number of benzene rings is 2. The second-order valence-electron chi connectivity index (χ2n) is 4.26. The number of amides is 1. The summed E-state index contributed by atoms with van der Waals surface area (Å²) in [4.78, 5) is 11.8.